The van der Waals surface area contributed by atoms with Crippen LogP contribution in [-0.2, 0) is 10.9 Å². The van der Waals surface area contributed by atoms with Crippen LogP contribution in [0.1, 0.15) is 30.0 Å². The number of carbonyl (C=O) groups is 1. The van der Waals surface area contributed by atoms with Crippen LogP contribution in [0, 0.1) is 0 Å². The van der Waals surface area contributed by atoms with E-state index in [1.165, 1.54) is 35.2 Å². The summed E-state index contributed by atoms with van der Waals surface area (Å²) in [6, 6.07) is 7.90. The van der Waals surface area contributed by atoms with Crippen molar-refractivity contribution in [1.29, 1.82) is 0 Å². The molecule has 1 aromatic carbocycles. The molecule has 3 rings (SSSR count). The molecule has 2 aromatic rings. The number of hydrogen-bond acceptors (Lipinski definition) is 4. The van der Waals surface area contributed by atoms with Crippen molar-refractivity contribution in [3.63, 3.8) is 0 Å². The molecule has 2 heterocycles. The van der Waals surface area contributed by atoms with Crippen molar-refractivity contribution in [2.24, 2.45) is 0 Å². The number of alkyl halides is 6. The van der Waals surface area contributed by atoms with Crippen LogP contribution in [0.4, 0.5) is 36.8 Å². The van der Waals surface area contributed by atoms with Crippen molar-refractivity contribution in [1.82, 2.24) is 9.88 Å². The van der Waals surface area contributed by atoms with Gasteiger partial charge in [0.1, 0.15) is 5.69 Å². The molecule has 5 nitrogen and oxygen atoms in total. The number of piperidine rings is 1. The smallest absolute Gasteiger partial charge is 0.433 e. The van der Waals surface area contributed by atoms with E-state index in [0.717, 1.165) is 12.3 Å². The maximum atomic E-state index is 13.5. The molecule has 1 saturated heterocycles. The number of nitrogens with zero attached hydrogens (tertiary/aromatic N) is 2. The Balaban J connectivity index is 1.62. The maximum absolute atomic E-state index is 13.5. The van der Waals surface area contributed by atoms with Crippen LogP contribution in [0.3, 0.4) is 0 Å². The highest BCUT2D eigenvalue weighted by atomic mass is 35.5. The summed E-state index contributed by atoms with van der Waals surface area (Å²) in [6.07, 6.45) is -10.8. The molecule has 2 atom stereocenters. The van der Waals surface area contributed by atoms with E-state index in [0.29, 0.717) is 30.0 Å². The van der Waals surface area contributed by atoms with Crippen molar-refractivity contribution in [2.45, 2.75) is 37.2 Å². The van der Waals surface area contributed by atoms with Crippen LogP contribution in [0.15, 0.2) is 42.6 Å². The summed E-state index contributed by atoms with van der Waals surface area (Å²) in [6.45, 7) is -0.0941. The molecule has 0 radical (unpaired) electrons. The number of anilines is 1. The van der Waals surface area contributed by atoms with Gasteiger partial charge in [-0.1, -0.05) is 17.7 Å². The fourth-order valence-electron chi connectivity index (χ4n) is 3.56. The van der Waals surface area contributed by atoms with E-state index in [4.69, 9.17) is 11.6 Å². The largest absolute Gasteiger partial charge is 0.435 e. The van der Waals surface area contributed by atoms with Gasteiger partial charge >= 0.3 is 18.4 Å². The molecule has 12 heteroatoms. The normalized spacial score (nSPS) is 18.6. The zero-order valence-electron chi connectivity index (χ0n) is 17.1. The standard InChI is InChI=1S/C21H20ClF6N3O2/c22-15-4-6-16(7-5-15)30-19(32)33-18(21(26,27)28)12-31-9-1-2-14(11-31)13-3-8-17(29-10-13)20(23,24)25/h3-8,10,14,18H,1-2,9,11-12H2,(H,30,32)/t14?,18-/m0/s1. The Bertz CT molecular complexity index is 935. The third kappa shape index (κ3) is 7.23. The predicted molar refractivity (Wildman–Crippen MR) is 109 cm³/mol. The molecule has 180 valence electrons. The van der Waals surface area contributed by atoms with Crippen molar-refractivity contribution in [2.75, 3.05) is 25.0 Å². The SMILES string of the molecule is O=C(Nc1ccc(Cl)cc1)O[C@@H](CN1CCCC(c2ccc(C(F)(F)F)nc2)C1)C(F)(F)F. The first-order valence-electron chi connectivity index (χ1n) is 9.97. The number of pyridine rings is 1. The van der Waals surface area contributed by atoms with Gasteiger partial charge in [-0.2, -0.15) is 26.3 Å². The fourth-order valence-corrected chi connectivity index (χ4v) is 3.69. The Hall–Kier alpha value is -2.53. The molecule has 1 fully saturated rings. The summed E-state index contributed by atoms with van der Waals surface area (Å²) in [4.78, 5) is 16.9. The highest BCUT2D eigenvalue weighted by Gasteiger charge is 2.44. The zero-order chi connectivity index (χ0) is 24.2. The van der Waals surface area contributed by atoms with Crippen LogP contribution in [0.5, 0.6) is 0 Å². The first-order chi connectivity index (χ1) is 15.4. The number of hydrogen-bond donors (Lipinski definition) is 1. The van der Waals surface area contributed by atoms with Gasteiger partial charge in [0.05, 0.1) is 0 Å². The molecule has 0 aliphatic carbocycles. The van der Waals surface area contributed by atoms with Crippen molar-refractivity contribution in [3.05, 3.63) is 58.9 Å². The average Bonchev–Trinajstić information content (AvgIpc) is 2.74. The number of rotatable bonds is 5. The molecule has 1 aliphatic rings. The second kappa shape index (κ2) is 10.2. The lowest BCUT2D eigenvalue weighted by Crippen LogP contribution is -2.47. The second-order valence-electron chi connectivity index (χ2n) is 7.64. The number of halogens is 7. The summed E-state index contributed by atoms with van der Waals surface area (Å²) in [5.74, 6) is -0.287. The Morgan fingerprint density at radius 3 is 2.42 bits per heavy atom. The Morgan fingerprint density at radius 1 is 1.15 bits per heavy atom. The second-order valence-corrected chi connectivity index (χ2v) is 8.08. The van der Waals surface area contributed by atoms with Gasteiger partial charge in [0.15, 0.2) is 0 Å². The summed E-state index contributed by atoms with van der Waals surface area (Å²) < 4.78 is 83.4. The van der Waals surface area contributed by atoms with Gasteiger partial charge < -0.3 is 4.74 Å². The molecular weight excluding hydrogens is 476 g/mol. The van der Waals surface area contributed by atoms with E-state index >= 15 is 0 Å². The number of benzene rings is 1. The van der Waals surface area contributed by atoms with Gasteiger partial charge in [-0.25, -0.2) is 4.79 Å². The quantitative estimate of drug-likeness (QED) is 0.508. The molecule has 1 unspecified atom stereocenters. The first kappa shape index (κ1) is 25.1. The molecule has 1 amide bonds. The van der Waals surface area contributed by atoms with Crippen LogP contribution >= 0.6 is 11.6 Å². The van der Waals surface area contributed by atoms with E-state index in [2.05, 4.69) is 15.0 Å². The summed E-state index contributed by atoms with van der Waals surface area (Å²) in [5, 5.41) is 2.62. The molecular formula is C21H20ClF6N3O2. The van der Waals surface area contributed by atoms with Gasteiger partial charge in [-0.15, -0.1) is 0 Å². The highest BCUT2D eigenvalue weighted by Crippen LogP contribution is 2.32. The number of aromatic nitrogens is 1. The molecule has 33 heavy (non-hydrogen) atoms. The highest BCUT2D eigenvalue weighted by molar-refractivity contribution is 6.30. The summed E-state index contributed by atoms with van der Waals surface area (Å²) >= 11 is 5.73. The van der Waals surface area contributed by atoms with Gasteiger partial charge in [0.25, 0.3) is 0 Å². The predicted octanol–water partition coefficient (Wildman–Crippen LogP) is 6.11. The lowest BCUT2D eigenvalue weighted by Gasteiger charge is -2.35. The fraction of sp³-hybridized carbons (Fsp3) is 0.429. The lowest BCUT2D eigenvalue weighted by atomic mass is 9.91. The number of likely N-dealkylation sites (tertiary alicyclic amines) is 1. The van der Waals surface area contributed by atoms with E-state index in [1.807, 2.05) is 0 Å². The van der Waals surface area contributed by atoms with E-state index in [-0.39, 0.29) is 18.2 Å². The lowest BCUT2D eigenvalue weighted by molar-refractivity contribution is -0.207. The zero-order valence-corrected chi connectivity index (χ0v) is 17.8. The van der Waals surface area contributed by atoms with E-state index < -0.39 is 36.8 Å². The van der Waals surface area contributed by atoms with Crippen LogP contribution in [-0.4, -0.2) is 47.9 Å². The van der Waals surface area contributed by atoms with Crippen LogP contribution < -0.4 is 5.32 Å². The molecule has 0 spiro atoms. The van der Waals surface area contributed by atoms with Gasteiger partial charge in [-0.05, 0) is 61.2 Å². The first-order valence-corrected chi connectivity index (χ1v) is 10.3. The van der Waals surface area contributed by atoms with Crippen LogP contribution in [0.2, 0.25) is 5.02 Å². The third-order valence-electron chi connectivity index (χ3n) is 5.18. The van der Waals surface area contributed by atoms with Gasteiger partial charge in [0, 0.05) is 30.0 Å². The summed E-state index contributed by atoms with van der Waals surface area (Å²) in [5.41, 5.74) is -0.299. The van der Waals surface area contributed by atoms with Crippen LogP contribution in [0.25, 0.3) is 0 Å². The number of nitrogens with one attached hydrogen (secondary N) is 1. The number of carbonyl (C=O) groups excluding carboxylic acids is 1. The third-order valence-corrected chi connectivity index (χ3v) is 5.43. The molecule has 0 bridgehead atoms. The molecule has 1 aromatic heterocycles. The van der Waals surface area contributed by atoms with E-state index in [1.54, 1.807) is 0 Å². The minimum Gasteiger partial charge on any atom is -0.435 e. The molecule has 0 saturated carbocycles. The van der Waals surface area contributed by atoms with Crippen molar-refractivity contribution >= 4 is 23.4 Å². The van der Waals surface area contributed by atoms with Crippen molar-refractivity contribution < 1.29 is 35.9 Å². The number of ether oxygens (including phenoxy) is 1. The minimum absolute atomic E-state index is 0.168. The molecule has 1 aliphatic heterocycles. The minimum atomic E-state index is -4.81. The topological polar surface area (TPSA) is 54.5 Å². The Kier molecular flexibility index (Phi) is 7.73. The van der Waals surface area contributed by atoms with Gasteiger partial charge in [0.2, 0.25) is 6.10 Å². The summed E-state index contributed by atoms with van der Waals surface area (Å²) in [7, 11) is 0. The monoisotopic (exact) mass is 495 g/mol. The average molecular weight is 496 g/mol. The Labute approximate surface area is 190 Å². The van der Waals surface area contributed by atoms with Crippen molar-refractivity contribution in [3.8, 4) is 0 Å². The van der Waals surface area contributed by atoms with Gasteiger partial charge in [-0.3, -0.25) is 15.2 Å². The Morgan fingerprint density at radius 2 is 1.85 bits per heavy atom. The maximum Gasteiger partial charge on any atom is 0.433 e. The van der Waals surface area contributed by atoms with E-state index in [9.17, 15) is 31.1 Å². The molecule has 1 N–H and O–H groups in total. The number of amides is 1.